The van der Waals surface area contributed by atoms with Crippen LogP contribution < -0.4 is 4.90 Å². The molecule has 3 rings (SSSR count). The van der Waals surface area contributed by atoms with Gasteiger partial charge >= 0.3 is 0 Å². The van der Waals surface area contributed by atoms with E-state index < -0.39 is 9.84 Å². The number of thioether (sulfide) groups is 1. The predicted octanol–water partition coefficient (Wildman–Crippen LogP) is 3.79. The second kappa shape index (κ2) is 8.46. The lowest BCUT2D eigenvalue weighted by atomic mass is 10.2. The second-order valence-corrected chi connectivity index (χ2v) is 9.93. The number of hydrogen-bond donors (Lipinski definition) is 0. The lowest BCUT2D eigenvalue weighted by Gasteiger charge is -2.28. The molecule has 1 fully saturated rings. The highest BCUT2D eigenvalue weighted by atomic mass is 35.5. The van der Waals surface area contributed by atoms with Crippen LogP contribution in [0.3, 0.4) is 0 Å². The second-order valence-electron chi connectivity index (χ2n) is 6.28. The van der Waals surface area contributed by atoms with Crippen molar-refractivity contribution in [2.75, 3.05) is 22.2 Å². The quantitative estimate of drug-likeness (QED) is 0.728. The normalized spacial score (nSPS) is 18.6. The highest BCUT2D eigenvalue weighted by Crippen LogP contribution is 2.26. The number of halogens is 1. The van der Waals surface area contributed by atoms with Crippen LogP contribution in [0.4, 0.5) is 5.69 Å². The fourth-order valence-electron chi connectivity index (χ4n) is 3.03. The Balaban J connectivity index is 1.68. The molecule has 1 heterocycles. The first-order valence-electron chi connectivity index (χ1n) is 8.34. The van der Waals surface area contributed by atoms with Gasteiger partial charge in [-0.25, -0.2) is 8.42 Å². The number of benzene rings is 2. The van der Waals surface area contributed by atoms with Crippen LogP contribution in [0, 0.1) is 0 Å². The zero-order chi connectivity index (χ0) is 18.6. The zero-order valence-corrected chi connectivity index (χ0v) is 16.6. The molecule has 0 aliphatic carbocycles. The maximum absolute atomic E-state index is 12.9. The highest BCUT2D eigenvalue weighted by Gasteiger charge is 2.35. The van der Waals surface area contributed by atoms with E-state index in [1.54, 1.807) is 4.90 Å². The molecular formula is C19H20ClNO3S2. The van der Waals surface area contributed by atoms with Crippen LogP contribution in [0.1, 0.15) is 12.0 Å². The van der Waals surface area contributed by atoms with Crippen molar-refractivity contribution in [1.82, 2.24) is 0 Å². The fraction of sp³-hybridized carbons (Fsp3) is 0.316. The van der Waals surface area contributed by atoms with Gasteiger partial charge in [0.05, 0.1) is 23.3 Å². The molecule has 0 bridgehead atoms. The minimum Gasteiger partial charge on any atom is -0.308 e. The van der Waals surface area contributed by atoms with Crippen LogP contribution in [0.25, 0.3) is 0 Å². The van der Waals surface area contributed by atoms with Crippen LogP contribution in [-0.4, -0.2) is 37.6 Å². The first-order valence-corrected chi connectivity index (χ1v) is 11.7. The van der Waals surface area contributed by atoms with Gasteiger partial charge in [-0.15, -0.1) is 11.8 Å². The molecule has 1 aliphatic heterocycles. The first kappa shape index (κ1) is 19.3. The van der Waals surface area contributed by atoms with Crippen LogP contribution in [0.2, 0.25) is 5.02 Å². The van der Waals surface area contributed by atoms with Crippen LogP contribution in [-0.2, 0) is 20.4 Å². The average Bonchev–Trinajstić information content (AvgIpc) is 2.97. The van der Waals surface area contributed by atoms with E-state index in [1.807, 2.05) is 54.6 Å². The molecule has 4 nitrogen and oxygen atoms in total. The van der Waals surface area contributed by atoms with E-state index >= 15 is 0 Å². The first-order chi connectivity index (χ1) is 12.4. The molecule has 1 atom stereocenters. The summed E-state index contributed by atoms with van der Waals surface area (Å²) in [4.78, 5) is 14.5. The van der Waals surface area contributed by atoms with E-state index in [2.05, 4.69) is 0 Å². The van der Waals surface area contributed by atoms with Crippen LogP contribution in [0.5, 0.6) is 0 Å². The molecule has 0 N–H and O–H groups in total. The summed E-state index contributed by atoms with van der Waals surface area (Å²) in [6.45, 7) is 0. The summed E-state index contributed by atoms with van der Waals surface area (Å²) >= 11 is 7.40. The van der Waals surface area contributed by atoms with Gasteiger partial charge in [0, 0.05) is 16.5 Å². The molecule has 0 radical (unpaired) electrons. The number of carbonyl (C=O) groups excluding carboxylic acids is 1. The number of sulfone groups is 1. The molecule has 1 unspecified atom stereocenters. The summed E-state index contributed by atoms with van der Waals surface area (Å²) in [5.74, 6) is 1.13. The third kappa shape index (κ3) is 5.02. The smallest absolute Gasteiger partial charge is 0.237 e. The Labute approximate surface area is 163 Å². The van der Waals surface area contributed by atoms with E-state index in [0.717, 1.165) is 11.3 Å². The molecular weight excluding hydrogens is 390 g/mol. The van der Waals surface area contributed by atoms with Crippen molar-refractivity contribution in [1.29, 1.82) is 0 Å². The lowest BCUT2D eigenvalue weighted by Crippen LogP contribution is -2.42. The lowest BCUT2D eigenvalue weighted by molar-refractivity contribution is -0.116. The Morgan fingerprint density at radius 2 is 1.81 bits per heavy atom. The number of para-hydroxylation sites is 1. The van der Waals surface area contributed by atoms with Gasteiger partial charge < -0.3 is 4.90 Å². The van der Waals surface area contributed by atoms with E-state index in [4.69, 9.17) is 11.6 Å². The van der Waals surface area contributed by atoms with Gasteiger partial charge in [0.15, 0.2) is 9.84 Å². The molecule has 1 saturated heterocycles. The Morgan fingerprint density at radius 3 is 2.42 bits per heavy atom. The van der Waals surface area contributed by atoms with Crippen molar-refractivity contribution in [2.24, 2.45) is 0 Å². The summed E-state index contributed by atoms with van der Waals surface area (Å²) < 4.78 is 23.7. The average molecular weight is 410 g/mol. The van der Waals surface area contributed by atoms with Crippen molar-refractivity contribution < 1.29 is 13.2 Å². The van der Waals surface area contributed by atoms with Gasteiger partial charge in [-0.05, 0) is 36.2 Å². The van der Waals surface area contributed by atoms with Gasteiger partial charge in [-0.1, -0.05) is 41.9 Å². The van der Waals surface area contributed by atoms with Crippen molar-refractivity contribution in [2.45, 2.75) is 18.2 Å². The standard InChI is InChI=1S/C19H20ClNO3S2/c20-16-8-6-15(7-9-16)12-25-13-19(22)21(17-4-2-1-3-5-17)18-10-11-26(23,24)14-18/h1-9,18H,10-14H2. The minimum absolute atomic E-state index is 0.0372. The fourth-order valence-corrected chi connectivity index (χ4v) is 5.70. The van der Waals surface area contributed by atoms with Crippen LogP contribution >= 0.6 is 23.4 Å². The van der Waals surface area contributed by atoms with Gasteiger partial charge in [-0.2, -0.15) is 0 Å². The van der Waals surface area contributed by atoms with Crippen molar-refractivity contribution in [3.05, 3.63) is 65.2 Å². The summed E-state index contributed by atoms with van der Waals surface area (Å²) in [7, 11) is -3.06. The monoisotopic (exact) mass is 409 g/mol. The number of carbonyl (C=O) groups is 1. The topological polar surface area (TPSA) is 54.5 Å². The number of anilines is 1. The molecule has 7 heteroatoms. The molecule has 0 aromatic heterocycles. The van der Waals surface area contributed by atoms with Gasteiger partial charge in [0.2, 0.25) is 5.91 Å². The zero-order valence-electron chi connectivity index (χ0n) is 14.2. The summed E-state index contributed by atoms with van der Waals surface area (Å²) in [6.07, 6.45) is 0.491. The third-order valence-electron chi connectivity index (χ3n) is 4.28. The predicted molar refractivity (Wildman–Crippen MR) is 109 cm³/mol. The number of hydrogen-bond acceptors (Lipinski definition) is 4. The maximum atomic E-state index is 12.9. The van der Waals surface area contributed by atoms with E-state index in [0.29, 0.717) is 22.9 Å². The Bertz CT molecular complexity index is 854. The summed E-state index contributed by atoms with van der Waals surface area (Å²) in [6, 6.07) is 16.6. The van der Waals surface area contributed by atoms with Gasteiger partial charge in [0.1, 0.15) is 0 Å². The molecule has 1 amide bonds. The van der Waals surface area contributed by atoms with Gasteiger partial charge in [0.25, 0.3) is 0 Å². The van der Waals surface area contributed by atoms with Crippen molar-refractivity contribution in [3.63, 3.8) is 0 Å². The molecule has 0 spiro atoms. The Hall–Kier alpha value is -1.50. The molecule has 2 aromatic rings. The molecule has 2 aromatic carbocycles. The Kier molecular flexibility index (Phi) is 6.27. The highest BCUT2D eigenvalue weighted by molar-refractivity contribution is 7.99. The van der Waals surface area contributed by atoms with Crippen molar-refractivity contribution in [3.8, 4) is 0 Å². The van der Waals surface area contributed by atoms with Crippen molar-refractivity contribution >= 4 is 44.8 Å². The number of nitrogens with zero attached hydrogens (tertiary/aromatic N) is 1. The molecule has 0 saturated carbocycles. The minimum atomic E-state index is -3.06. The van der Waals surface area contributed by atoms with E-state index in [1.165, 1.54) is 11.8 Å². The SMILES string of the molecule is O=C(CSCc1ccc(Cl)cc1)N(c1ccccc1)C1CCS(=O)(=O)C1. The van der Waals surface area contributed by atoms with E-state index in [-0.39, 0.29) is 23.5 Å². The summed E-state index contributed by atoms with van der Waals surface area (Å²) in [5, 5.41) is 0.688. The Morgan fingerprint density at radius 1 is 1.12 bits per heavy atom. The number of rotatable bonds is 6. The molecule has 1 aliphatic rings. The number of amides is 1. The van der Waals surface area contributed by atoms with Crippen LogP contribution in [0.15, 0.2) is 54.6 Å². The largest absolute Gasteiger partial charge is 0.308 e. The third-order valence-corrected chi connectivity index (χ3v) is 7.27. The maximum Gasteiger partial charge on any atom is 0.237 e. The molecule has 138 valence electrons. The van der Waals surface area contributed by atoms with E-state index in [9.17, 15) is 13.2 Å². The molecule has 26 heavy (non-hydrogen) atoms. The van der Waals surface area contributed by atoms with Gasteiger partial charge in [-0.3, -0.25) is 4.79 Å². The summed E-state index contributed by atoms with van der Waals surface area (Å²) in [5.41, 5.74) is 1.86.